The average Bonchev–Trinajstić information content (AvgIpc) is 2.87. The average molecular weight is 512 g/mol. The molecule has 0 bridgehead atoms. The van der Waals surface area contributed by atoms with Crippen molar-refractivity contribution in [3.8, 4) is 5.75 Å². The number of sulfonamides is 1. The molecular weight excluding hydrogens is 481 g/mol. The smallest absolute Gasteiger partial charge is 0.260 e. The van der Waals surface area contributed by atoms with Gasteiger partial charge in [0.25, 0.3) is 5.91 Å². The molecule has 1 fully saturated rings. The molecule has 0 radical (unpaired) electrons. The minimum absolute atomic E-state index is 0.102. The molecule has 1 saturated heterocycles. The molecule has 0 atom stereocenters. The first-order valence-electron chi connectivity index (χ1n) is 11.7. The molecule has 9 heteroatoms. The molecule has 0 saturated carbocycles. The molecule has 0 aromatic heterocycles. The Labute approximate surface area is 211 Å². The van der Waals surface area contributed by atoms with Gasteiger partial charge in [-0.25, -0.2) is 12.8 Å². The van der Waals surface area contributed by atoms with Crippen LogP contribution in [0.1, 0.15) is 11.1 Å². The Bertz CT molecular complexity index is 1270. The van der Waals surface area contributed by atoms with Gasteiger partial charge in [0.15, 0.2) is 6.61 Å². The first-order valence-corrected chi connectivity index (χ1v) is 13.6. The van der Waals surface area contributed by atoms with Crippen LogP contribution in [-0.2, 0) is 21.4 Å². The van der Waals surface area contributed by atoms with Crippen molar-refractivity contribution in [2.75, 3.05) is 48.2 Å². The van der Waals surface area contributed by atoms with Crippen LogP contribution in [0.25, 0.3) is 0 Å². The molecular formula is C27H30FN3O4S. The van der Waals surface area contributed by atoms with Crippen molar-refractivity contribution in [2.45, 2.75) is 13.5 Å². The third kappa shape index (κ3) is 6.54. The Morgan fingerprint density at radius 3 is 2.11 bits per heavy atom. The number of carbonyl (C=O) groups is 1. The van der Waals surface area contributed by atoms with E-state index in [0.717, 1.165) is 16.8 Å². The second-order valence-corrected chi connectivity index (χ2v) is 10.8. The van der Waals surface area contributed by atoms with Gasteiger partial charge in [-0.05, 0) is 61.0 Å². The van der Waals surface area contributed by atoms with E-state index in [4.69, 9.17) is 4.74 Å². The summed E-state index contributed by atoms with van der Waals surface area (Å²) in [6.07, 6.45) is 1.18. The van der Waals surface area contributed by atoms with Gasteiger partial charge < -0.3 is 14.5 Å². The molecule has 1 heterocycles. The zero-order valence-corrected chi connectivity index (χ0v) is 21.2. The lowest BCUT2D eigenvalue weighted by Gasteiger charge is -2.36. The second kappa shape index (κ2) is 11.0. The molecule has 36 heavy (non-hydrogen) atoms. The molecule has 4 rings (SSSR count). The number of hydrogen-bond donors (Lipinski definition) is 0. The van der Waals surface area contributed by atoms with E-state index < -0.39 is 10.0 Å². The quantitative estimate of drug-likeness (QED) is 0.460. The van der Waals surface area contributed by atoms with E-state index in [1.807, 2.05) is 31.2 Å². The van der Waals surface area contributed by atoms with E-state index >= 15 is 0 Å². The minimum atomic E-state index is -3.50. The van der Waals surface area contributed by atoms with E-state index in [0.29, 0.717) is 37.6 Å². The van der Waals surface area contributed by atoms with Crippen molar-refractivity contribution in [3.05, 3.63) is 89.7 Å². The Morgan fingerprint density at radius 1 is 0.917 bits per heavy atom. The summed E-state index contributed by atoms with van der Waals surface area (Å²) >= 11 is 0. The fourth-order valence-electron chi connectivity index (χ4n) is 4.07. The number of piperazine rings is 1. The predicted octanol–water partition coefficient (Wildman–Crippen LogP) is 3.83. The van der Waals surface area contributed by atoms with Crippen molar-refractivity contribution in [2.24, 2.45) is 0 Å². The van der Waals surface area contributed by atoms with Crippen molar-refractivity contribution in [3.63, 3.8) is 0 Å². The molecule has 1 aliphatic rings. The molecule has 0 spiro atoms. The van der Waals surface area contributed by atoms with Crippen molar-refractivity contribution >= 4 is 27.3 Å². The van der Waals surface area contributed by atoms with Gasteiger partial charge in [-0.2, -0.15) is 0 Å². The van der Waals surface area contributed by atoms with Gasteiger partial charge in [0, 0.05) is 31.9 Å². The summed E-state index contributed by atoms with van der Waals surface area (Å²) in [5.41, 5.74) is 3.45. The van der Waals surface area contributed by atoms with Gasteiger partial charge in [-0.15, -0.1) is 0 Å². The topological polar surface area (TPSA) is 70.2 Å². The lowest BCUT2D eigenvalue weighted by atomic mass is 10.1. The third-order valence-corrected chi connectivity index (χ3v) is 7.30. The summed E-state index contributed by atoms with van der Waals surface area (Å²) in [6.45, 7) is 4.54. The van der Waals surface area contributed by atoms with Crippen LogP contribution in [0.2, 0.25) is 0 Å². The predicted molar refractivity (Wildman–Crippen MR) is 139 cm³/mol. The number of hydrogen-bond acceptors (Lipinski definition) is 5. The van der Waals surface area contributed by atoms with Crippen molar-refractivity contribution < 1.29 is 22.3 Å². The maximum Gasteiger partial charge on any atom is 0.260 e. The SMILES string of the molecule is Cc1ccc(CN(c2ccc(OCC(=O)N3CCN(c4ccc(F)cc4)CC3)cc2)S(C)(=O)=O)cc1. The Hall–Kier alpha value is -3.59. The molecule has 1 aliphatic heterocycles. The summed E-state index contributed by atoms with van der Waals surface area (Å²) in [5.74, 6) is 0.101. The van der Waals surface area contributed by atoms with Gasteiger partial charge in [0.2, 0.25) is 10.0 Å². The summed E-state index contributed by atoms with van der Waals surface area (Å²) < 4.78 is 45.0. The van der Waals surface area contributed by atoms with Crippen LogP contribution in [-0.4, -0.2) is 58.3 Å². The number of nitrogens with zero attached hydrogens (tertiary/aromatic N) is 3. The van der Waals surface area contributed by atoms with E-state index in [1.165, 1.54) is 22.7 Å². The van der Waals surface area contributed by atoms with Crippen LogP contribution in [0.15, 0.2) is 72.8 Å². The number of halogens is 1. The maximum atomic E-state index is 13.1. The van der Waals surface area contributed by atoms with Gasteiger partial charge in [0.05, 0.1) is 18.5 Å². The molecule has 190 valence electrons. The normalized spacial score (nSPS) is 14.0. The van der Waals surface area contributed by atoms with Gasteiger partial charge >= 0.3 is 0 Å². The largest absolute Gasteiger partial charge is 0.484 e. The fourth-order valence-corrected chi connectivity index (χ4v) is 4.96. The van der Waals surface area contributed by atoms with Gasteiger partial charge in [-0.1, -0.05) is 29.8 Å². The lowest BCUT2D eigenvalue weighted by molar-refractivity contribution is -0.133. The van der Waals surface area contributed by atoms with Crippen LogP contribution in [0.3, 0.4) is 0 Å². The molecule has 3 aromatic rings. The third-order valence-electron chi connectivity index (χ3n) is 6.16. The lowest BCUT2D eigenvalue weighted by Crippen LogP contribution is -2.50. The fraction of sp³-hybridized carbons (Fsp3) is 0.296. The highest BCUT2D eigenvalue weighted by Crippen LogP contribution is 2.24. The van der Waals surface area contributed by atoms with E-state index in [9.17, 15) is 17.6 Å². The number of anilines is 2. The highest BCUT2D eigenvalue weighted by molar-refractivity contribution is 7.92. The molecule has 0 aliphatic carbocycles. The number of ether oxygens (including phenoxy) is 1. The molecule has 7 nitrogen and oxygen atoms in total. The van der Waals surface area contributed by atoms with Crippen LogP contribution >= 0.6 is 0 Å². The number of benzene rings is 3. The van der Waals surface area contributed by atoms with E-state index in [2.05, 4.69) is 4.90 Å². The second-order valence-electron chi connectivity index (χ2n) is 8.88. The van der Waals surface area contributed by atoms with Crippen LogP contribution in [0.4, 0.5) is 15.8 Å². The summed E-state index contributed by atoms with van der Waals surface area (Å²) in [5, 5.41) is 0. The highest BCUT2D eigenvalue weighted by Gasteiger charge is 2.22. The molecule has 1 amide bonds. The highest BCUT2D eigenvalue weighted by atomic mass is 32.2. The number of aryl methyl sites for hydroxylation is 1. The first kappa shape index (κ1) is 25.5. The van der Waals surface area contributed by atoms with Crippen LogP contribution in [0.5, 0.6) is 5.75 Å². The summed E-state index contributed by atoms with van der Waals surface area (Å²) in [7, 11) is -3.50. The maximum absolute atomic E-state index is 13.1. The van der Waals surface area contributed by atoms with Gasteiger partial charge in [0.1, 0.15) is 11.6 Å². The minimum Gasteiger partial charge on any atom is -0.484 e. The monoisotopic (exact) mass is 511 g/mol. The first-order chi connectivity index (χ1) is 17.2. The zero-order chi connectivity index (χ0) is 25.7. The Morgan fingerprint density at radius 2 is 1.53 bits per heavy atom. The van der Waals surface area contributed by atoms with Crippen LogP contribution < -0.4 is 13.9 Å². The molecule has 0 N–H and O–H groups in total. The van der Waals surface area contributed by atoms with Crippen LogP contribution in [0, 0.1) is 12.7 Å². The van der Waals surface area contributed by atoms with Crippen molar-refractivity contribution in [1.82, 2.24) is 4.90 Å². The van der Waals surface area contributed by atoms with E-state index in [-0.39, 0.29) is 24.9 Å². The summed E-state index contributed by atoms with van der Waals surface area (Å²) in [4.78, 5) is 16.5. The Balaban J connectivity index is 1.31. The van der Waals surface area contributed by atoms with E-state index in [1.54, 1.807) is 41.3 Å². The number of carbonyl (C=O) groups excluding carboxylic acids is 1. The van der Waals surface area contributed by atoms with Crippen molar-refractivity contribution in [1.29, 1.82) is 0 Å². The molecule has 3 aromatic carbocycles. The van der Waals surface area contributed by atoms with Gasteiger partial charge in [-0.3, -0.25) is 9.10 Å². The summed E-state index contributed by atoms with van der Waals surface area (Å²) in [6, 6.07) is 20.8. The zero-order valence-electron chi connectivity index (χ0n) is 20.4. The standard InChI is InChI=1S/C27H30FN3O4S/c1-21-3-5-22(6-4-21)19-31(36(2,33)34)25-11-13-26(14-12-25)35-20-27(32)30-17-15-29(16-18-30)24-9-7-23(28)8-10-24/h3-14H,15-20H2,1-2H3. The number of amides is 1. The Kier molecular flexibility index (Phi) is 7.79. The molecule has 0 unspecified atom stereocenters. The number of rotatable bonds is 8.